The summed E-state index contributed by atoms with van der Waals surface area (Å²) in [6.07, 6.45) is 13.5. The quantitative estimate of drug-likeness (QED) is 0.194. The molecule has 1 aromatic carbocycles. The topological polar surface area (TPSA) is 172 Å². The number of aromatic nitrogens is 8. The van der Waals surface area contributed by atoms with Crippen LogP contribution in [-0.4, -0.2) is 76.3 Å². The first-order chi connectivity index (χ1) is 25.9. The van der Waals surface area contributed by atoms with Crippen LogP contribution in [0.5, 0.6) is 0 Å². The minimum Gasteiger partial charge on any atom is -0.398 e. The first-order valence-corrected chi connectivity index (χ1v) is 18.7. The molecule has 0 bridgehead atoms. The number of ether oxygens (including phenoxy) is 1. The van der Waals surface area contributed by atoms with Crippen LogP contribution in [0.15, 0.2) is 46.1 Å². The van der Waals surface area contributed by atoms with Gasteiger partial charge in [0.2, 0.25) is 0 Å². The Labute approximate surface area is 304 Å². The van der Waals surface area contributed by atoms with Gasteiger partial charge in [0.05, 0.1) is 35.2 Å². The highest BCUT2D eigenvalue weighted by Crippen LogP contribution is 2.53. The van der Waals surface area contributed by atoms with Gasteiger partial charge in [-0.1, -0.05) is 11.2 Å². The van der Waals surface area contributed by atoms with E-state index in [9.17, 15) is 10.1 Å². The van der Waals surface area contributed by atoms with E-state index in [1.165, 1.54) is 5.71 Å². The summed E-state index contributed by atoms with van der Waals surface area (Å²) in [5, 5.41) is 26.2. The summed E-state index contributed by atoms with van der Waals surface area (Å²) in [6, 6.07) is 8.19. The minimum absolute atomic E-state index is 0.0150. The van der Waals surface area contributed by atoms with Crippen LogP contribution in [-0.2, 0) is 23.0 Å². The second-order valence-electron chi connectivity index (χ2n) is 15.1. The third-order valence-corrected chi connectivity index (χ3v) is 12.2. The monoisotopic (exact) mass is 710 g/mol. The number of pyridine rings is 1. The molecule has 2 aliphatic carbocycles. The first-order valence-electron chi connectivity index (χ1n) is 18.7. The van der Waals surface area contributed by atoms with Crippen molar-refractivity contribution in [2.75, 3.05) is 32.5 Å². The van der Waals surface area contributed by atoms with E-state index in [1.807, 2.05) is 29.2 Å². The molecule has 2 N–H and O–H groups in total. The van der Waals surface area contributed by atoms with Gasteiger partial charge in [-0.05, 0) is 75.1 Å². The lowest BCUT2D eigenvalue weighted by molar-refractivity contribution is -0.490. The van der Waals surface area contributed by atoms with Gasteiger partial charge in [0.15, 0.2) is 40.0 Å². The average Bonchev–Trinajstić information content (AvgIpc) is 4.02. The van der Waals surface area contributed by atoms with Crippen molar-refractivity contribution in [2.45, 2.75) is 82.2 Å². The maximum Gasteiger partial charge on any atom is 0.279 e. The van der Waals surface area contributed by atoms with Crippen molar-refractivity contribution in [3.8, 4) is 23.4 Å². The minimum atomic E-state index is -0.510. The Morgan fingerprint density at radius 1 is 1.13 bits per heavy atom. The molecule has 0 saturated carbocycles. The molecule has 5 aromatic heterocycles. The summed E-state index contributed by atoms with van der Waals surface area (Å²) in [5.74, 6) is 1.68. The predicted molar refractivity (Wildman–Crippen MR) is 196 cm³/mol. The number of rotatable bonds is 5. The molecule has 0 unspecified atom stereocenters. The zero-order valence-electron chi connectivity index (χ0n) is 29.9. The van der Waals surface area contributed by atoms with Crippen molar-refractivity contribution in [2.24, 2.45) is 0 Å². The van der Waals surface area contributed by atoms with Gasteiger partial charge in [-0.3, -0.25) is 4.79 Å². The fourth-order valence-corrected chi connectivity index (χ4v) is 9.63. The summed E-state index contributed by atoms with van der Waals surface area (Å²) in [5.41, 5.74) is 12.7. The molecule has 1 saturated heterocycles. The van der Waals surface area contributed by atoms with Crippen molar-refractivity contribution >= 4 is 33.3 Å². The van der Waals surface area contributed by atoms with Gasteiger partial charge in [0.25, 0.3) is 5.56 Å². The van der Waals surface area contributed by atoms with Gasteiger partial charge >= 0.3 is 0 Å². The molecule has 1 spiro atoms. The second kappa shape index (κ2) is 11.9. The maximum absolute atomic E-state index is 13.7. The Bertz CT molecular complexity index is 2610. The zero-order chi connectivity index (χ0) is 36.0. The summed E-state index contributed by atoms with van der Waals surface area (Å²) in [6.45, 7) is 4.30. The lowest BCUT2D eigenvalue weighted by Gasteiger charge is -2.41. The number of hydrogen-bond donors (Lipinski definition) is 1. The Hall–Kier alpha value is -5.68. The van der Waals surface area contributed by atoms with Crippen molar-refractivity contribution < 1.29 is 13.8 Å². The molecule has 0 amide bonds. The number of benzene rings is 1. The average molecular weight is 711 g/mol. The number of nitrogen functional groups attached to an aromatic ring is 1. The smallest absolute Gasteiger partial charge is 0.279 e. The predicted octanol–water partition coefficient (Wildman–Crippen LogP) is 4.79. The number of fused-ring (bicyclic) bond motifs is 6. The van der Waals surface area contributed by atoms with Gasteiger partial charge < -0.3 is 19.6 Å². The van der Waals surface area contributed by atoms with Gasteiger partial charge in [0.1, 0.15) is 25.7 Å². The van der Waals surface area contributed by atoms with E-state index in [-0.39, 0.29) is 17.6 Å². The number of anilines is 1. The maximum atomic E-state index is 13.7. The van der Waals surface area contributed by atoms with Crippen molar-refractivity contribution in [3.63, 3.8) is 0 Å². The molecule has 14 heteroatoms. The highest BCUT2D eigenvalue weighted by molar-refractivity contribution is 5.89. The van der Waals surface area contributed by atoms with E-state index in [0.717, 1.165) is 86.8 Å². The largest absolute Gasteiger partial charge is 0.398 e. The lowest BCUT2D eigenvalue weighted by Crippen LogP contribution is -2.36. The van der Waals surface area contributed by atoms with Crippen LogP contribution in [0.4, 0.5) is 5.69 Å². The van der Waals surface area contributed by atoms with Gasteiger partial charge in [0, 0.05) is 48.5 Å². The fourth-order valence-electron chi connectivity index (χ4n) is 9.63. The molecule has 3 atom stereocenters. The Morgan fingerprint density at radius 3 is 2.79 bits per heavy atom. The van der Waals surface area contributed by atoms with Crippen LogP contribution < -0.4 is 11.3 Å². The molecule has 53 heavy (non-hydrogen) atoms. The number of aryl methyl sites for hydroxylation is 1. The summed E-state index contributed by atoms with van der Waals surface area (Å²) in [4.78, 5) is 24.1. The Balaban J connectivity index is 1.17. The molecular formula is C39H40N11O3+. The number of nitriles is 1. The Kier molecular flexibility index (Phi) is 7.20. The Morgan fingerprint density at radius 2 is 2.00 bits per heavy atom. The van der Waals surface area contributed by atoms with E-state index in [0.29, 0.717) is 63.7 Å². The van der Waals surface area contributed by atoms with Crippen LogP contribution >= 0.6 is 0 Å². The summed E-state index contributed by atoms with van der Waals surface area (Å²) < 4.78 is 19.6. The molecule has 1 fully saturated rings. The van der Waals surface area contributed by atoms with Crippen LogP contribution in [0.25, 0.3) is 39.3 Å². The van der Waals surface area contributed by atoms with Gasteiger partial charge in [-0.15, -0.1) is 0 Å². The van der Waals surface area contributed by atoms with Crippen LogP contribution in [0.2, 0.25) is 0 Å². The molecule has 4 aliphatic rings. The van der Waals surface area contributed by atoms with Crippen LogP contribution in [0, 0.1) is 11.3 Å². The van der Waals surface area contributed by atoms with Crippen LogP contribution in [0.3, 0.4) is 0 Å². The highest BCUT2D eigenvalue weighted by atomic mass is 16.5. The number of hydrogen-bond acceptors (Lipinski definition) is 10. The van der Waals surface area contributed by atoms with Crippen LogP contribution in [0.1, 0.15) is 92.0 Å². The molecule has 268 valence electrons. The van der Waals surface area contributed by atoms with Crippen molar-refractivity contribution in [1.29, 1.82) is 5.26 Å². The van der Waals surface area contributed by atoms with Gasteiger partial charge in [-0.25, -0.2) is 23.9 Å². The van der Waals surface area contributed by atoms with E-state index in [1.54, 1.807) is 15.4 Å². The summed E-state index contributed by atoms with van der Waals surface area (Å²) in [7, 11) is 2.13. The van der Waals surface area contributed by atoms with E-state index in [2.05, 4.69) is 30.7 Å². The molecule has 6 aromatic rings. The molecule has 0 radical (unpaired) electrons. The van der Waals surface area contributed by atoms with Crippen molar-refractivity contribution in [1.82, 2.24) is 39.3 Å². The molecular weight excluding hydrogens is 671 g/mol. The van der Waals surface area contributed by atoms with E-state index >= 15 is 0 Å². The number of nitrogens with two attached hydrogens (primary N) is 1. The SMILES string of the molecule is C[C@@H](C1=[N+](C)CCC1)n1ncc2c(-n3cc4ccn([C@@H]5CCOC5)c(=O)c4n3)nc(-c3noc4c3CCC[C@@]43CCCc4ccc(N)c(C#N)c43)nc21. The first kappa shape index (κ1) is 32.0. The van der Waals surface area contributed by atoms with Gasteiger partial charge in [-0.2, -0.15) is 15.5 Å². The molecule has 10 rings (SSSR count). The molecule has 2 aliphatic heterocycles. The normalized spacial score (nSPS) is 21.8. The standard InChI is InChI=1S/C39H40N11O3/c1-22(30-8-5-15-47(30)2)50-37-28(19-42-50)36(49-20-24-11-16-48(25-12-17-52-21-25)38(51)32(24)45-49)43-35(44-37)33-26-7-4-14-39(34(26)53-46-33)13-3-6-23-9-10-29(41)27(18-40)31(23)39/h9-11,16,19-20,22,25H,3-8,12-15,17,21,41H2,1-2H3/q+1/t22-,25+,39+/m0/s1. The third-order valence-electron chi connectivity index (χ3n) is 12.2. The zero-order valence-corrected chi connectivity index (χ0v) is 29.9. The lowest BCUT2D eigenvalue weighted by atomic mass is 9.61. The second-order valence-corrected chi connectivity index (χ2v) is 15.1. The third kappa shape index (κ3) is 4.69. The summed E-state index contributed by atoms with van der Waals surface area (Å²) >= 11 is 0. The van der Waals surface area contributed by atoms with E-state index in [4.69, 9.17) is 40.3 Å². The number of nitrogens with zero attached hydrogens (tertiary/aromatic N) is 10. The van der Waals surface area contributed by atoms with Crippen molar-refractivity contribution in [3.05, 3.63) is 75.2 Å². The molecule has 7 heterocycles. The fraction of sp³-hybridized carbons (Fsp3) is 0.436. The molecule has 14 nitrogen and oxygen atoms in total. The van der Waals surface area contributed by atoms with E-state index < -0.39 is 5.41 Å². The highest BCUT2D eigenvalue weighted by Gasteiger charge is 2.48.